The monoisotopic (exact) mass is 427 g/mol. The Balaban J connectivity index is 1.39. The molecule has 160 valence electrons. The normalized spacial score (nSPS) is 22.0. The summed E-state index contributed by atoms with van der Waals surface area (Å²) in [4.78, 5) is 30.8. The smallest absolute Gasteiger partial charge is 0.308 e. The first-order valence-corrected chi connectivity index (χ1v) is 9.85. The van der Waals surface area contributed by atoms with Gasteiger partial charge in [-0.15, -0.1) is 5.10 Å². The number of nitrogens with zero attached hydrogens (tertiary/aromatic N) is 6. The Morgan fingerprint density at radius 1 is 1.23 bits per heavy atom. The van der Waals surface area contributed by atoms with Crippen molar-refractivity contribution in [1.29, 1.82) is 0 Å². The average molecular weight is 427 g/mol. The highest BCUT2D eigenvalue weighted by molar-refractivity contribution is 6.00. The molecule has 3 aromatic rings. The van der Waals surface area contributed by atoms with Crippen molar-refractivity contribution in [1.82, 2.24) is 29.9 Å². The molecule has 0 bridgehead atoms. The zero-order chi connectivity index (χ0) is 21.8. The van der Waals surface area contributed by atoms with Crippen LogP contribution in [0.15, 0.2) is 42.6 Å². The summed E-state index contributed by atoms with van der Waals surface area (Å²) in [5.74, 6) is -4.61. The van der Waals surface area contributed by atoms with E-state index in [0.717, 1.165) is 4.68 Å². The van der Waals surface area contributed by atoms with Crippen molar-refractivity contribution in [2.24, 2.45) is 0 Å². The molecule has 2 atom stereocenters. The predicted octanol–water partition coefficient (Wildman–Crippen LogP) is 1.72. The van der Waals surface area contributed by atoms with Crippen LogP contribution in [-0.4, -0.2) is 49.4 Å². The van der Waals surface area contributed by atoms with Gasteiger partial charge >= 0.3 is 5.92 Å². The van der Waals surface area contributed by atoms with E-state index in [1.54, 1.807) is 54.3 Å². The number of halogens is 2. The van der Waals surface area contributed by atoms with Crippen LogP contribution in [0.2, 0.25) is 0 Å². The Morgan fingerprint density at radius 2 is 2.00 bits per heavy atom. The number of hydrogen-bond donors (Lipinski definition) is 1. The molecule has 0 radical (unpaired) electrons. The van der Waals surface area contributed by atoms with Gasteiger partial charge in [0.1, 0.15) is 11.9 Å². The summed E-state index contributed by atoms with van der Waals surface area (Å²) in [6.45, 7) is 0.421. The maximum Gasteiger partial charge on any atom is 0.308 e. The summed E-state index contributed by atoms with van der Waals surface area (Å²) < 4.78 is 31.9. The molecule has 31 heavy (non-hydrogen) atoms. The van der Waals surface area contributed by atoms with E-state index in [9.17, 15) is 18.4 Å². The second-order valence-electron chi connectivity index (χ2n) is 7.66. The maximum absolute atomic E-state index is 14.6. The fraction of sp³-hybridized carbons (Fsp3) is 0.350. The van der Waals surface area contributed by atoms with Gasteiger partial charge in [-0.2, -0.15) is 13.9 Å². The van der Waals surface area contributed by atoms with Crippen LogP contribution in [0.5, 0.6) is 0 Å². The molecule has 2 aliphatic rings. The summed E-state index contributed by atoms with van der Waals surface area (Å²) in [7, 11) is 1.59. The number of hydrogen-bond acceptors (Lipinski definition) is 5. The van der Waals surface area contributed by atoms with Gasteiger partial charge in [0.05, 0.1) is 12.2 Å². The van der Waals surface area contributed by atoms with E-state index in [1.165, 1.54) is 4.90 Å². The van der Waals surface area contributed by atoms with E-state index >= 15 is 0 Å². The minimum atomic E-state index is -3.21. The van der Waals surface area contributed by atoms with Gasteiger partial charge in [0.15, 0.2) is 5.82 Å². The number of benzene rings is 1. The first-order chi connectivity index (χ1) is 14.8. The third-order valence-electron chi connectivity index (χ3n) is 5.69. The molecule has 0 aliphatic carbocycles. The number of nitrogens with one attached hydrogen (secondary N) is 1. The Hall–Kier alpha value is -3.63. The number of amides is 2. The Kier molecular flexibility index (Phi) is 4.34. The van der Waals surface area contributed by atoms with Crippen LogP contribution in [0.1, 0.15) is 40.9 Å². The molecule has 2 aliphatic heterocycles. The lowest BCUT2D eigenvalue weighted by atomic mass is 10.0. The minimum absolute atomic E-state index is 0.306. The molecule has 4 heterocycles. The van der Waals surface area contributed by atoms with Gasteiger partial charge in [0, 0.05) is 26.1 Å². The Labute approximate surface area is 175 Å². The number of aryl methyl sites for hydroxylation is 1. The van der Waals surface area contributed by atoms with Gasteiger partial charge in [0.2, 0.25) is 5.82 Å². The third-order valence-corrected chi connectivity index (χ3v) is 5.69. The van der Waals surface area contributed by atoms with Gasteiger partial charge in [0.25, 0.3) is 11.8 Å². The van der Waals surface area contributed by atoms with Gasteiger partial charge < -0.3 is 5.32 Å². The lowest BCUT2D eigenvalue weighted by Crippen LogP contribution is -2.47. The second-order valence-corrected chi connectivity index (χ2v) is 7.66. The van der Waals surface area contributed by atoms with E-state index < -0.39 is 36.2 Å². The summed E-state index contributed by atoms with van der Waals surface area (Å²) in [6, 6.07) is 8.93. The molecular formula is C20H19F2N7O2. The minimum Gasteiger partial charge on any atom is -0.337 e. The van der Waals surface area contributed by atoms with Crippen LogP contribution in [0.25, 0.3) is 0 Å². The van der Waals surface area contributed by atoms with Gasteiger partial charge in [-0.3, -0.25) is 14.5 Å². The molecule has 0 spiro atoms. The van der Waals surface area contributed by atoms with Crippen molar-refractivity contribution in [2.45, 2.75) is 37.4 Å². The number of aromatic nitrogens is 5. The van der Waals surface area contributed by atoms with Crippen molar-refractivity contribution in [2.75, 3.05) is 11.9 Å². The molecule has 11 heteroatoms. The highest BCUT2D eigenvalue weighted by Gasteiger charge is 2.49. The van der Waals surface area contributed by atoms with Gasteiger partial charge in [-0.25, -0.2) is 14.3 Å². The van der Waals surface area contributed by atoms with E-state index in [2.05, 4.69) is 20.5 Å². The van der Waals surface area contributed by atoms with Crippen molar-refractivity contribution in [3.05, 3.63) is 59.8 Å². The fourth-order valence-corrected chi connectivity index (χ4v) is 4.10. The lowest BCUT2D eigenvalue weighted by Gasteiger charge is -2.20. The maximum atomic E-state index is 14.6. The standard InChI is InChI=1S/C20H19F2N7O2/c1-27-15-7-9-23-28(15)10-8-13(18(27)31)24-17(30)16-25-19-20(21,22)11-14(29(19)26-16)12-5-3-2-4-6-12/h2-7,9,13-14H,8,10-11H2,1H3,(H,24,30)/t13?,14-/m1/s1. The lowest BCUT2D eigenvalue weighted by molar-refractivity contribution is -0.120. The first kappa shape index (κ1) is 19.3. The van der Waals surface area contributed by atoms with Crippen molar-refractivity contribution in [3.63, 3.8) is 0 Å². The molecule has 0 saturated carbocycles. The van der Waals surface area contributed by atoms with E-state index in [4.69, 9.17) is 0 Å². The van der Waals surface area contributed by atoms with Crippen LogP contribution < -0.4 is 10.2 Å². The van der Waals surface area contributed by atoms with Gasteiger partial charge in [-0.1, -0.05) is 30.3 Å². The highest BCUT2D eigenvalue weighted by atomic mass is 19.3. The van der Waals surface area contributed by atoms with Crippen LogP contribution in [0.3, 0.4) is 0 Å². The van der Waals surface area contributed by atoms with Crippen molar-refractivity contribution >= 4 is 17.6 Å². The summed E-state index contributed by atoms with van der Waals surface area (Å²) in [5, 5.41) is 10.8. The number of alkyl halides is 2. The SMILES string of the molecule is CN1C(=O)C(NC(=O)c2nc3n(n2)[C@@H](c2ccccc2)CC3(F)F)CCn2nccc21. The van der Waals surface area contributed by atoms with Crippen LogP contribution in [0, 0.1) is 0 Å². The Morgan fingerprint density at radius 3 is 2.77 bits per heavy atom. The largest absolute Gasteiger partial charge is 0.337 e. The number of carbonyl (C=O) groups is 2. The quantitative estimate of drug-likeness (QED) is 0.687. The van der Waals surface area contributed by atoms with Crippen LogP contribution in [-0.2, 0) is 17.3 Å². The van der Waals surface area contributed by atoms with Crippen molar-refractivity contribution < 1.29 is 18.4 Å². The second kappa shape index (κ2) is 6.96. The molecule has 1 aromatic carbocycles. The Bertz CT molecular complexity index is 1160. The predicted molar refractivity (Wildman–Crippen MR) is 105 cm³/mol. The van der Waals surface area contributed by atoms with Gasteiger partial charge in [-0.05, 0) is 12.0 Å². The van der Waals surface area contributed by atoms with Crippen LogP contribution in [0.4, 0.5) is 14.6 Å². The van der Waals surface area contributed by atoms with E-state index in [1.807, 2.05) is 0 Å². The zero-order valence-corrected chi connectivity index (χ0v) is 16.6. The van der Waals surface area contributed by atoms with Crippen molar-refractivity contribution in [3.8, 4) is 0 Å². The first-order valence-electron chi connectivity index (χ1n) is 9.85. The summed E-state index contributed by atoms with van der Waals surface area (Å²) >= 11 is 0. The molecule has 1 N–H and O–H groups in total. The molecule has 0 saturated heterocycles. The van der Waals surface area contributed by atoms with E-state index in [0.29, 0.717) is 24.3 Å². The summed E-state index contributed by atoms with van der Waals surface area (Å²) in [6.07, 6.45) is 1.43. The van der Waals surface area contributed by atoms with Crippen LogP contribution >= 0.6 is 0 Å². The van der Waals surface area contributed by atoms with E-state index in [-0.39, 0.29) is 11.7 Å². The topological polar surface area (TPSA) is 97.9 Å². The number of rotatable bonds is 3. The summed E-state index contributed by atoms with van der Waals surface area (Å²) in [5.41, 5.74) is 0.660. The number of anilines is 1. The third kappa shape index (κ3) is 3.16. The number of carbonyl (C=O) groups excluding carboxylic acids is 2. The molecule has 1 unspecified atom stereocenters. The molecule has 9 nitrogen and oxygen atoms in total. The molecule has 2 aromatic heterocycles. The fourth-order valence-electron chi connectivity index (χ4n) is 4.10. The highest BCUT2D eigenvalue weighted by Crippen LogP contribution is 2.45. The molecule has 5 rings (SSSR count). The average Bonchev–Trinajstić information content (AvgIpc) is 3.45. The molecule has 2 amide bonds. The number of likely N-dealkylation sites (N-methyl/N-ethyl adjacent to an activating group) is 1. The molecular weight excluding hydrogens is 408 g/mol. The molecule has 0 fully saturated rings. The zero-order valence-electron chi connectivity index (χ0n) is 16.6. The number of fused-ring (bicyclic) bond motifs is 2.